The minimum absolute atomic E-state index is 0.211. The highest BCUT2D eigenvalue weighted by Crippen LogP contribution is 2.32. The molecule has 1 aliphatic carbocycles. The van der Waals surface area contributed by atoms with Crippen LogP contribution in [-0.4, -0.2) is 34.6 Å². The van der Waals surface area contributed by atoms with Gasteiger partial charge in [-0.15, -0.1) is 11.3 Å². The molecule has 6 heteroatoms. The molecule has 1 aliphatic rings. The molecule has 0 aliphatic heterocycles. The van der Waals surface area contributed by atoms with Gasteiger partial charge in [0.1, 0.15) is 6.04 Å². The molecule has 1 atom stereocenters. The van der Waals surface area contributed by atoms with E-state index in [0.717, 1.165) is 33.4 Å². The summed E-state index contributed by atoms with van der Waals surface area (Å²) >= 11 is 1.31. The molecule has 2 N–H and O–H groups in total. The molecule has 1 saturated carbocycles. The molecule has 153 valence electrons. The second kappa shape index (κ2) is 8.50. The maximum atomic E-state index is 13.5. The van der Waals surface area contributed by atoms with Gasteiger partial charge in [-0.3, -0.25) is 19.3 Å². The van der Waals surface area contributed by atoms with Crippen LogP contribution >= 0.6 is 11.3 Å². The van der Waals surface area contributed by atoms with E-state index in [0.29, 0.717) is 17.7 Å². The molecule has 1 heterocycles. The van der Waals surface area contributed by atoms with Crippen molar-refractivity contribution in [2.45, 2.75) is 43.7 Å². The molecule has 3 aromatic rings. The Morgan fingerprint density at radius 3 is 2.40 bits per heavy atom. The van der Waals surface area contributed by atoms with Crippen molar-refractivity contribution >= 4 is 39.5 Å². The highest BCUT2D eigenvalue weighted by molar-refractivity contribution is 7.20. The summed E-state index contributed by atoms with van der Waals surface area (Å²) in [5, 5.41) is 0.927. The van der Waals surface area contributed by atoms with Crippen molar-refractivity contribution in [2.24, 2.45) is 5.73 Å². The van der Waals surface area contributed by atoms with Gasteiger partial charge in [0.05, 0.1) is 10.4 Å². The lowest BCUT2D eigenvalue weighted by Crippen LogP contribution is -2.59. The number of hydrogen-bond acceptors (Lipinski definition) is 5. The van der Waals surface area contributed by atoms with Gasteiger partial charge >= 0.3 is 0 Å². The number of carbonyl (C=O) groups is 2. The van der Waals surface area contributed by atoms with Crippen LogP contribution < -0.4 is 5.73 Å². The number of benzene rings is 2. The van der Waals surface area contributed by atoms with Gasteiger partial charge in [-0.05, 0) is 35.9 Å². The molecule has 5 nitrogen and oxygen atoms in total. The van der Waals surface area contributed by atoms with E-state index in [4.69, 9.17) is 5.73 Å². The number of nitrogens with zero attached hydrogens (tertiary/aromatic N) is 1. The Morgan fingerprint density at radius 2 is 1.73 bits per heavy atom. The Balaban J connectivity index is 1.72. The molecule has 2 amide bonds. The minimum atomic E-state index is -1.11. The van der Waals surface area contributed by atoms with Crippen LogP contribution in [0.25, 0.3) is 10.1 Å². The van der Waals surface area contributed by atoms with Gasteiger partial charge < -0.3 is 5.73 Å². The fraction of sp³-hybridized carbons (Fsp3) is 0.292. The van der Waals surface area contributed by atoms with Crippen molar-refractivity contribution in [3.05, 3.63) is 71.1 Å². The number of rotatable bonds is 6. The van der Waals surface area contributed by atoms with Crippen LogP contribution in [-0.2, 0) is 16.0 Å². The van der Waals surface area contributed by atoms with Gasteiger partial charge in [-0.25, -0.2) is 0 Å². The fourth-order valence-electron chi connectivity index (χ4n) is 4.06. The standard InChI is InChI=1S/C24H23N2O3S/c25-24(12-6-7-13-24)23(29)26(19(16-27)14-17-8-2-1-3-9-17)22(28)21-15-18-10-4-5-11-20(18)30-21/h1-5,8-11,15,19H,6-7,12-14,25H2/t19-/m0/s1. The summed E-state index contributed by atoms with van der Waals surface area (Å²) in [5.74, 6) is -0.964. The Hall–Kier alpha value is -2.83. The number of imide groups is 1. The van der Waals surface area contributed by atoms with Crippen molar-refractivity contribution in [1.82, 2.24) is 4.90 Å². The Bertz CT molecular complexity index is 1040. The average Bonchev–Trinajstić information content (AvgIpc) is 3.41. The summed E-state index contributed by atoms with van der Waals surface area (Å²) in [4.78, 5) is 40.5. The number of nitrogens with two attached hydrogens (primary N) is 1. The monoisotopic (exact) mass is 419 g/mol. The first-order valence-electron chi connectivity index (χ1n) is 10.1. The van der Waals surface area contributed by atoms with Crippen molar-refractivity contribution in [2.75, 3.05) is 0 Å². The second-order valence-electron chi connectivity index (χ2n) is 7.82. The van der Waals surface area contributed by atoms with E-state index in [1.165, 1.54) is 11.3 Å². The quantitative estimate of drug-likeness (QED) is 0.615. The summed E-state index contributed by atoms with van der Waals surface area (Å²) in [6.07, 6.45) is 4.85. The van der Waals surface area contributed by atoms with Crippen LogP contribution in [0.5, 0.6) is 0 Å². The SMILES string of the molecule is NC1(C(=O)N(C(=O)c2cc3ccccc3s2)[C@H]([C]=O)Cc2ccccc2)CCCC1. The van der Waals surface area contributed by atoms with E-state index < -0.39 is 23.4 Å². The molecule has 0 bridgehead atoms. The summed E-state index contributed by atoms with van der Waals surface area (Å²) in [7, 11) is 0. The van der Waals surface area contributed by atoms with Crippen LogP contribution in [0.3, 0.4) is 0 Å². The topological polar surface area (TPSA) is 80.5 Å². The van der Waals surface area contributed by atoms with Gasteiger partial charge in [0.15, 0.2) is 0 Å². The van der Waals surface area contributed by atoms with E-state index in [2.05, 4.69) is 0 Å². The zero-order valence-corrected chi connectivity index (χ0v) is 17.4. The Labute approximate surface area is 179 Å². The summed E-state index contributed by atoms with van der Waals surface area (Å²) in [5.41, 5.74) is 6.15. The number of thiophene rings is 1. The molecule has 0 saturated heterocycles. The highest BCUT2D eigenvalue weighted by atomic mass is 32.1. The van der Waals surface area contributed by atoms with Crippen LogP contribution in [0.15, 0.2) is 60.7 Å². The summed E-state index contributed by atoms with van der Waals surface area (Å²) in [6, 6.07) is 17.7. The predicted octanol–water partition coefficient (Wildman–Crippen LogP) is 3.86. The number of hydrogen-bond donors (Lipinski definition) is 1. The van der Waals surface area contributed by atoms with E-state index in [1.807, 2.05) is 60.9 Å². The van der Waals surface area contributed by atoms with Crippen LogP contribution in [0.1, 0.15) is 40.9 Å². The molecule has 2 aromatic carbocycles. The van der Waals surface area contributed by atoms with E-state index >= 15 is 0 Å². The zero-order chi connectivity index (χ0) is 21.1. The van der Waals surface area contributed by atoms with E-state index in [-0.39, 0.29) is 6.42 Å². The molecule has 0 spiro atoms. The summed E-state index contributed by atoms with van der Waals surface area (Å²) < 4.78 is 0.950. The largest absolute Gasteiger partial charge is 0.317 e. The van der Waals surface area contributed by atoms with Crippen molar-refractivity contribution in [3.8, 4) is 0 Å². The minimum Gasteiger partial charge on any atom is -0.317 e. The Kier molecular flexibility index (Phi) is 5.79. The highest BCUT2D eigenvalue weighted by Gasteiger charge is 2.45. The Morgan fingerprint density at radius 1 is 1.07 bits per heavy atom. The third kappa shape index (κ3) is 3.93. The molecule has 1 radical (unpaired) electrons. The lowest BCUT2D eigenvalue weighted by atomic mass is 9.95. The van der Waals surface area contributed by atoms with E-state index in [9.17, 15) is 14.4 Å². The van der Waals surface area contributed by atoms with Crippen LogP contribution in [0, 0.1) is 0 Å². The summed E-state index contributed by atoms with van der Waals surface area (Å²) in [6.45, 7) is 0. The number of fused-ring (bicyclic) bond motifs is 1. The van der Waals surface area contributed by atoms with Gasteiger partial charge in [-0.2, -0.15) is 0 Å². The number of carbonyl (C=O) groups excluding carboxylic acids is 3. The molecule has 0 unspecified atom stereocenters. The van der Waals surface area contributed by atoms with E-state index in [1.54, 1.807) is 6.07 Å². The van der Waals surface area contributed by atoms with Crippen molar-refractivity contribution in [1.29, 1.82) is 0 Å². The third-order valence-corrected chi connectivity index (χ3v) is 6.82. The lowest BCUT2D eigenvalue weighted by molar-refractivity contribution is -0.135. The smallest absolute Gasteiger partial charge is 0.271 e. The van der Waals surface area contributed by atoms with Crippen molar-refractivity contribution in [3.63, 3.8) is 0 Å². The molecule has 1 fully saturated rings. The molecule has 4 rings (SSSR count). The maximum absolute atomic E-state index is 13.5. The first kappa shape index (κ1) is 20.4. The van der Waals surface area contributed by atoms with Gasteiger partial charge in [-0.1, -0.05) is 61.4 Å². The molecular formula is C24H23N2O3S. The predicted molar refractivity (Wildman–Crippen MR) is 118 cm³/mol. The molecular weight excluding hydrogens is 396 g/mol. The lowest BCUT2D eigenvalue weighted by Gasteiger charge is -2.33. The average molecular weight is 420 g/mol. The molecule has 30 heavy (non-hydrogen) atoms. The van der Waals surface area contributed by atoms with Crippen molar-refractivity contribution < 1.29 is 14.4 Å². The van der Waals surface area contributed by atoms with Crippen LogP contribution in [0.2, 0.25) is 0 Å². The first-order valence-corrected chi connectivity index (χ1v) is 10.9. The third-order valence-electron chi connectivity index (χ3n) is 5.72. The van der Waals surface area contributed by atoms with Gasteiger partial charge in [0, 0.05) is 11.1 Å². The first-order chi connectivity index (χ1) is 14.5. The number of amides is 2. The maximum Gasteiger partial charge on any atom is 0.271 e. The van der Waals surface area contributed by atoms with Gasteiger partial charge in [0.25, 0.3) is 5.91 Å². The fourth-order valence-corrected chi connectivity index (χ4v) is 5.06. The zero-order valence-electron chi connectivity index (χ0n) is 16.5. The van der Waals surface area contributed by atoms with Crippen LogP contribution in [0.4, 0.5) is 0 Å². The normalized spacial score (nSPS) is 16.3. The second-order valence-corrected chi connectivity index (χ2v) is 8.90. The van der Waals surface area contributed by atoms with Gasteiger partial charge in [0.2, 0.25) is 12.2 Å². The molecule has 1 aromatic heterocycles.